The van der Waals surface area contributed by atoms with Gasteiger partial charge in [0.2, 0.25) is 0 Å². The SMILES string of the molecule is Cn1c(-c2c(F)cccc2Cl)nc2c3nc(-c4cnn(COCC[Si](C)(C)C)c4)cnc3ccc21. The molecular formula is C25H26ClFN6OSi. The first-order chi connectivity index (χ1) is 16.7. The molecule has 0 amide bonds. The van der Waals surface area contributed by atoms with Crippen molar-refractivity contribution < 1.29 is 9.13 Å². The zero-order chi connectivity index (χ0) is 24.7. The highest BCUT2D eigenvalue weighted by Gasteiger charge is 2.19. The molecule has 0 atom stereocenters. The van der Waals surface area contributed by atoms with Gasteiger partial charge in [-0.2, -0.15) is 5.10 Å². The molecule has 3 aromatic heterocycles. The third-order valence-electron chi connectivity index (χ3n) is 5.90. The first-order valence-corrected chi connectivity index (χ1v) is 15.5. The first-order valence-electron chi connectivity index (χ1n) is 11.4. The normalized spacial score (nSPS) is 12.2. The minimum Gasteiger partial charge on any atom is -0.360 e. The van der Waals surface area contributed by atoms with E-state index in [2.05, 4.69) is 29.7 Å². The van der Waals surface area contributed by atoms with Crippen LogP contribution in [0.15, 0.2) is 48.9 Å². The van der Waals surface area contributed by atoms with Gasteiger partial charge in [-0.25, -0.2) is 19.0 Å². The standard InChI is InChI=1S/C25H26ClFN6OSi/c1-32-21-9-8-19-23(24(21)31-25(32)22-17(26)6-5-7-18(22)27)30-20(13-28-19)16-12-29-33(14-16)15-34-10-11-35(2,3)4/h5-9,12-14H,10-11,15H2,1-4H3. The Morgan fingerprint density at radius 2 is 1.89 bits per heavy atom. The topological polar surface area (TPSA) is 70.7 Å². The zero-order valence-electron chi connectivity index (χ0n) is 20.1. The molecule has 3 heterocycles. The summed E-state index contributed by atoms with van der Waals surface area (Å²) in [6, 6.07) is 9.52. The Morgan fingerprint density at radius 1 is 1.06 bits per heavy atom. The molecule has 0 radical (unpaired) electrons. The summed E-state index contributed by atoms with van der Waals surface area (Å²) in [5, 5.41) is 4.71. The smallest absolute Gasteiger partial charge is 0.145 e. The molecule has 0 unspecified atom stereocenters. The molecule has 0 aliphatic carbocycles. The lowest BCUT2D eigenvalue weighted by Gasteiger charge is -2.15. The van der Waals surface area contributed by atoms with Crippen LogP contribution in [-0.2, 0) is 18.5 Å². The van der Waals surface area contributed by atoms with E-state index in [4.69, 9.17) is 26.3 Å². The lowest BCUT2D eigenvalue weighted by molar-refractivity contribution is 0.0786. The Balaban J connectivity index is 1.49. The van der Waals surface area contributed by atoms with Crippen LogP contribution in [0.4, 0.5) is 4.39 Å². The molecule has 5 aromatic rings. The molecule has 0 aliphatic heterocycles. The van der Waals surface area contributed by atoms with Gasteiger partial charge in [0.15, 0.2) is 0 Å². The fraction of sp³-hybridized carbons (Fsp3) is 0.280. The molecule has 10 heteroatoms. The summed E-state index contributed by atoms with van der Waals surface area (Å²) in [4.78, 5) is 14.2. The van der Waals surface area contributed by atoms with Gasteiger partial charge >= 0.3 is 0 Å². The monoisotopic (exact) mass is 508 g/mol. The van der Waals surface area contributed by atoms with Crippen molar-refractivity contribution in [2.45, 2.75) is 32.4 Å². The maximum Gasteiger partial charge on any atom is 0.145 e. The molecule has 0 saturated heterocycles. The number of hydrogen-bond donors (Lipinski definition) is 0. The minimum atomic E-state index is -1.13. The van der Waals surface area contributed by atoms with E-state index in [-0.39, 0.29) is 5.56 Å². The lowest BCUT2D eigenvalue weighted by Crippen LogP contribution is -2.22. The third-order valence-corrected chi connectivity index (χ3v) is 7.92. The van der Waals surface area contributed by atoms with Crippen molar-refractivity contribution >= 4 is 41.7 Å². The molecular weight excluding hydrogens is 483 g/mol. The van der Waals surface area contributed by atoms with E-state index in [1.165, 1.54) is 6.07 Å². The highest BCUT2D eigenvalue weighted by molar-refractivity contribution is 6.76. The lowest BCUT2D eigenvalue weighted by atomic mass is 10.2. The van der Waals surface area contributed by atoms with Crippen LogP contribution in [-0.4, -0.2) is 44.0 Å². The van der Waals surface area contributed by atoms with Crippen molar-refractivity contribution in [3.8, 4) is 22.6 Å². The van der Waals surface area contributed by atoms with Crippen molar-refractivity contribution in [2.24, 2.45) is 7.05 Å². The zero-order valence-corrected chi connectivity index (χ0v) is 21.8. The van der Waals surface area contributed by atoms with Gasteiger partial charge in [-0.05, 0) is 30.3 Å². The maximum absolute atomic E-state index is 14.6. The van der Waals surface area contributed by atoms with Crippen LogP contribution in [0, 0.1) is 5.82 Å². The van der Waals surface area contributed by atoms with E-state index in [1.807, 2.05) is 29.9 Å². The van der Waals surface area contributed by atoms with Crippen molar-refractivity contribution in [3.63, 3.8) is 0 Å². The van der Waals surface area contributed by atoms with Gasteiger partial charge in [0.1, 0.15) is 29.4 Å². The van der Waals surface area contributed by atoms with E-state index < -0.39 is 13.9 Å². The number of aryl methyl sites for hydroxylation is 1. The number of benzene rings is 2. The van der Waals surface area contributed by atoms with Crippen LogP contribution in [0.1, 0.15) is 0 Å². The number of ether oxygens (including phenoxy) is 1. The van der Waals surface area contributed by atoms with E-state index in [0.717, 1.165) is 23.7 Å². The van der Waals surface area contributed by atoms with Gasteiger partial charge in [-0.3, -0.25) is 4.98 Å². The summed E-state index contributed by atoms with van der Waals surface area (Å²) in [6.45, 7) is 8.10. The minimum absolute atomic E-state index is 0.264. The summed E-state index contributed by atoms with van der Waals surface area (Å²) < 4.78 is 24.0. The van der Waals surface area contributed by atoms with Crippen LogP contribution in [0.25, 0.3) is 44.7 Å². The largest absolute Gasteiger partial charge is 0.360 e. The van der Waals surface area contributed by atoms with E-state index in [9.17, 15) is 4.39 Å². The van der Waals surface area contributed by atoms with Gasteiger partial charge in [0.25, 0.3) is 0 Å². The van der Waals surface area contributed by atoms with Crippen molar-refractivity contribution in [3.05, 3.63) is 59.8 Å². The number of fused-ring (bicyclic) bond motifs is 3. The highest BCUT2D eigenvalue weighted by Crippen LogP contribution is 2.34. The molecule has 0 fully saturated rings. The summed E-state index contributed by atoms with van der Waals surface area (Å²) in [5.74, 6) is 0.0116. The maximum atomic E-state index is 14.6. The first kappa shape index (κ1) is 23.6. The number of rotatable bonds is 7. The van der Waals surface area contributed by atoms with Crippen LogP contribution in [0.2, 0.25) is 30.7 Å². The summed E-state index contributed by atoms with van der Waals surface area (Å²) in [6.07, 6.45) is 5.37. The molecule has 0 saturated carbocycles. The Bertz CT molecular complexity index is 1520. The van der Waals surface area contributed by atoms with Crippen molar-refractivity contribution in [2.75, 3.05) is 6.61 Å². The van der Waals surface area contributed by atoms with Gasteiger partial charge in [0.05, 0.1) is 39.7 Å². The Hall–Kier alpha value is -3.14. The van der Waals surface area contributed by atoms with Crippen LogP contribution < -0.4 is 0 Å². The Labute approximate surface area is 208 Å². The van der Waals surface area contributed by atoms with Crippen molar-refractivity contribution in [1.82, 2.24) is 29.3 Å². The van der Waals surface area contributed by atoms with Gasteiger partial charge in [-0.1, -0.05) is 37.3 Å². The van der Waals surface area contributed by atoms with Crippen LogP contribution >= 0.6 is 11.6 Å². The number of nitrogens with zero attached hydrogens (tertiary/aromatic N) is 6. The second-order valence-corrected chi connectivity index (χ2v) is 15.8. The second-order valence-electron chi connectivity index (χ2n) is 9.76. The number of aromatic nitrogens is 6. The van der Waals surface area contributed by atoms with E-state index in [1.54, 1.807) is 29.2 Å². The van der Waals surface area contributed by atoms with E-state index >= 15 is 0 Å². The molecule has 0 spiro atoms. The third kappa shape index (κ3) is 4.71. The molecule has 7 nitrogen and oxygen atoms in total. The highest BCUT2D eigenvalue weighted by atomic mass is 35.5. The Kier molecular flexibility index (Phi) is 6.16. The number of halogens is 2. The molecule has 180 valence electrons. The fourth-order valence-electron chi connectivity index (χ4n) is 3.91. The van der Waals surface area contributed by atoms with E-state index in [0.29, 0.717) is 39.8 Å². The quantitative estimate of drug-likeness (QED) is 0.195. The Morgan fingerprint density at radius 3 is 2.66 bits per heavy atom. The molecule has 35 heavy (non-hydrogen) atoms. The van der Waals surface area contributed by atoms with Crippen molar-refractivity contribution in [1.29, 1.82) is 0 Å². The van der Waals surface area contributed by atoms with Crippen LogP contribution in [0.5, 0.6) is 0 Å². The average molecular weight is 509 g/mol. The molecule has 2 aromatic carbocycles. The molecule has 0 bridgehead atoms. The molecule has 5 rings (SSSR count). The molecule has 0 N–H and O–H groups in total. The second kappa shape index (κ2) is 9.14. The number of imidazole rings is 1. The summed E-state index contributed by atoms with van der Waals surface area (Å²) >= 11 is 6.32. The van der Waals surface area contributed by atoms with Gasteiger partial charge < -0.3 is 9.30 Å². The summed E-state index contributed by atoms with van der Waals surface area (Å²) in [5.41, 5.74) is 4.55. The average Bonchev–Trinajstić information content (AvgIpc) is 3.41. The predicted molar refractivity (Wildman–Crippen MR) is 140 cm³/mol. The number of hydrogen-bond acceptors (Lipinski definition) is 5. The predicted octanol–water partition coefficient (Wildman–Crippen LogP) is 6.15. The van der Waals surface area contributed by atoms with Gasteiger partial charge in [-0.15, -0.1) is 0 Å². The summed E-state index contributed by atoms with van der Waals surface area (Å²) in [7, 11) is 0.705. The van der Waals surface area contributed by atoms with Gasteiger partial charge in [0, 0.05) is 33.5 Å². The fourth-order valence-corrected chi connectivity index (χ4v) is 4.91. The van der Waals surface area contributed by atoms with Crippen LogP contribution in [0.3, 0.4) is 0 Å². The molecule has 0 aliphatic rings.